The fourth-order valence-corrected chi connectivity index (χ4v) is 5.59. The normalized spacial score (nSPS) is 21.7. The van der Waals surface area contributed by atoms with Crippen molar-refractivity contribution in [1.29, 1.82) is 0 Å². The van der Waals surface area contributed by atoms with E-state index in [0.29, 0.717) is 0 Å². The lowest BCUT2D eigenvalue weighted by atomic mass is 10.1. The van der Waals surface area contributed by atoms with Crippen LogP contribution in [-0.2, 0) is 29.9 Å². The maximum atomic E-state index is 15.6. The molecule has 41 heavy (non-hydrogen) atoms. The van der Waals surface area contributed by atoms with Gasteiger partial charge in [-0.05, 0) is 30.7 Å². The van der Waals surface area contributed by atoms with Gasteiger partial charge in [-0.1, -0.05) is 48.5 Å². The van der Waals surface area contributed by atoms with Crippen molar-refractivity contribution in [2.24, 2.45) is 0 Å². The highest BCUT2D eigenvalue weighted by Crippen LogP contribution is 2.54. The quantitative estimate of drug-likeness (QED) is 0.144. The molecule has 4 N–H and O–H groups in total. The molecule has 0 bridgehead atoms. The lowest BCUT2D eigenvalue weighted by Crippen LogP contribution is -2.43. The van der Waals surface area contributed by atoms with Gasteiger partial charge in [0.05, 0.1) is 18.8 Å². The highest BCUT2D eigenvalue weighted by atomic mass is 31.2. The molecule has 1 aromatic heterocycles. The van der Waals surface area contributed by atoms with E-state index in [1.807, 2.05) is 6.07 Å². The summed E-state index contributed by atoms with van der Waals surface area (Å²) in [5.74, 6) is -0.640. The van der Waals surface area contributed by atoms with Gasteiger partial charge in [-0.2, -0.15) is 10.1 Å². The van der Waals surface area contributed by atoms with Gasteiger partial charge in [0.1, 0.15) is 30.3 Å². The maximum Gasteiger partial charge on any atom is 0.459 e. The van der Waals surface area contributed by atoms with Crippen LogP contribution in [0.5, 0.6) is 5.75 Å². The van der Waals surface area contributed by atoms with Gasteiger partial charge in [0, 0.05) is 12.6 Å². The number of anilines is 1. The van der Waals surface area contributed by atoms with Crippen LogP contribution in [0, 0.1) is 0 Å². The molecule has 2 aromatic carbocycles. The third kappa shape index (κ3) is 7.60. The predicted molar refractivity (Wildman–Crippen MR) is 147 cm³/mol. The van der Waals surface area contributed by atoms with Crippen molar-refractivity contribution >= 4 is 27.6 Å². The molecule has 2 radical (unpaired) electrons. The zero-order chi connectivity index (χ0) is 29.6. The Morgan fingerprint density at radius 2 is 1.90 bits per heavy atom. The van der Waals surface area contributed by atoms with Crippen molar-refractivity contribution in [2.45, 2.75) is 49.9 Å². The number of nitrogens with zero attached hydrogens (tertiary/aromatic N) is 2. The summed E-state index contributed by atoms with van der Waals surface area (Å²) in [5.41, 5.74) is 3.11. The number of nitrogens with one attached hydrogen (secondary N) is 1. The fraction of sp³-hybridized carbons (Fsp3) is 0.346. The molecule has 0 aliphatic heterocycles. The monoisotopic (exact) mass is 586 g/mol. The number of nitrogen functional groups attached to an aromatic ring is 1. The summed E-state index contributed by atoms with van der Waals surface area (Å²) in [7, 11) is 0.958. The van der Waals surface area contributed by atoms with Gasteiger partial charge in [-0.25, -0.2) is 13.8 Å². The van der Waals surface area contributed by atoms with Crippen LogP contribution in [0.2, 0.25) is 0 Å². The number of alkyl halides is 1. The molecule has 4 rings (SSSR count). The van der Waals surface area contributed by atoms with Crippen LogP contribution in [0.25, 0.3) is 0 Å². The highest BCUT2D eigenvalue weighted by Gasteiger charge is 2.64. The first-order valence-corrected chi connectivity index (χ1v) is 14.1. The number of carbonyl (C=O) groups excluding carboxylic acids is 1. The predicted octanol–water partition coefficient (Wildman–Crippen LogP) is 2.23. The first kappa shape index (κ1) is 30.4. The molecule has 1 aliphatic rings. The van der Waals surface area contributed by atoms with Gasteiger partial charge in [0.15, 0.2) is 5.67 Å². The zero-order valence-corrected chi connectivity index (χ0v) is 22.9. The van der Waals surface area contributed by atoms with Crippen molar-refractivity contribution in [1.82, 2.24) is 14.6 Å². The largest absolute Gasteiger partial charge is 0.460 e. The van der Waals surface area contributed by atoms with E-state index >= 15 is 4.39 Å². The molecule has 0 spiro atoms. The first-order chi connectivity index (χ1) is 19.5. The highest BCUT2D eigenvalue weighted by molar-refractivity contribution is 7.52. The maximum absolute atomic E-state index is 15.6. The van der Waals surface area contributed by atoms with Crippen molar-refractivity contribution < 1.29 is 37.3 Å². The Morgan fingerprint density at radius 1 is 1.24 bits per heavy atom. The number of benzene rings is 2. The van der Waals surface area contributed by atoms with Crippen LogP contribution in [-0.4, -0.2) is 59.2 Å². The topological polar surface area (TPSA) is 164 Å². The summed E-state index contributed by atoms with van der Waals surface area (Å²) in [4.78, 5) is 28.3. The molecule has 0 saturated heterocycles. The van der Waals surface area contributed by atoms with Gasteiger partial charge in [0.2, 0.25) is 0 Å². The fourth-order valence-electron chi connectivity index (χ4n) is 4.09. The Hall–Kier alpha value is -3.55. The third-order valence-electron chi connectivity index (χ3n) is 6.41. The van der Waals surface area contributed by atoms with Gasteiger partial charge >= 0.3 is 19.4 Å². The SMILES string of the molecule is [B]OC(CO[P@@](=O)(N[C@@H](C)C(=O)OCc1ccccc1)Oc1ccccc1)[C@H](O)[C@]1(F)C[C@H]1n1ccc(N)nc1=O. The molecule has 216 valence electrons. The molecule has 1 saturated carbocycles. The molecule has 1 unspecified atom stereocenters. The summed E-state index contributed by atoms with van der Waals surface area (Å²) in [6, 6.07) is 16.0. The van der Waals surface area contributed by atoms with Crippen LogP contribution >= 0.6 is 7.75 Å². The smallest absolute Gasteiger partial charge is 0.459 e. The number of halogens is 1. The van der Waals surface area contributed by atoms with Crippen molar-refractivity contribution in [3.8, 4) is 5.75 Å². The Morgan fingerprint density at radius 3 is 2.54 bits per heavy atom. The Labute approximate surface area is 236 Å². The second-order valence-corrected chi connectivity index (χ2v) is 11.1. The number of aliphatic hydroxyl groups excluding tert-OH is 1. The molecule has 1 fully saturated rings. The summed E-state index contributed by atoms with van der Waals surface area (Å²) in [6.07, 6.45) is -2.43. The lowest BCUT2D eigenvalue weighted by molar-refractivity contribution is -0.146. The zero-order valence-electron chi connectivity index (χ0n) is 22.0. The second kappa shape index (κ2) is 13.0. The van der Waals surface area contributed by atoms with E-state index < -0.39 is 56.0 Å². The van der Waals surface area contributed by atoms with Gasteiger partial charge < -0.3 is 24.8 Å². The van der Waals surface area contributed by atoms with E-state index in [2.05, 4.69) is 10.1 Å². The van der Waals surface area contributed by atoms with Gasteiger partial charge in [0.25, 0.3) is 8.05 Å². The standard InChI is InChI=1S/C26H29BFN4O8P/c1-17(24(34)37-15-18-8-4-2-5-9-18)31-41(36,40-19-10-6-3-7-11-19)38-16-20(39-27)23(33)26(28)14-21(26)32-13-12-22(29)30-25(32)35/h2-13,17,20-21,23,33H,14-16H2,1H3,(H,31,36)(H2,29,30,35)/t17-,20?,21+,23-,26-,41-/m0/s1. The van der Waals surface area contributed by atoms with Crippen molar-refractivity contribution in [3.05, 3.63) is 89.0 Å². The van der Waals surface area contributed by atoms with Crippen LogP contribution in [0.3, 0.4) is 0 Å². The number of hydrogen-bond acceptors (Lipinski definition) is 10. The summed E-state index contributed by atoms with van der Waals surface area (Å²) in [6.45, 7) is 0.666. The molecule has 1 aliphatic carbocycles. The summed E-state index contributed by atoms with van der Waals surface area (Å²) in [5, 5.41) is 13.3. The Kier molecular flexibility index (Phi) is 9.62. The summed E-state index contributed by atoms with van der Waals surface area (Å²) < 4.78 is 51.5. The van der Waals surface area contributed by atoms with E-state index in [1.54, 1.807) is 42.5 Å². The lowest BCUT2D eigenvalue weighted by Gasteiger charge is -2.28. The molecule has 1 heterocycles. The molecule has 0 amide bonds. The number of esters is 1. The van der Waals surface area contributed by atoms with Crippen LogP contribution < -0.4 is 21.0 Å². The van der Waals surface area contributed by atoms with Gasteiger partial charge in [-0.3, -0.25) is 13.9 Å². The molecule has 3 aromatic rings. The number of aliphatic hydroxyl groups is 1. The van der Waals surface area contributed by atoms with E-state index in [0.717, 1.165) is 10.1 Å². The molecule has 12 nitrogen and oxygen atoms in total. The van der Waals surface area contributed by atoms with Crippen molar-refractivity contribution in [3.63, 3.8) is 0 Å². The first-order valence-electron chi connectivity index (χ1n) is 12.6. The minimum Gasteiger partial charge on any atom is -0.460 e. The minimum atomic E-state index is -4.37. The number of para-hydroxylation sites is 1. The van der Waals surface area contributed by atoms with E-state index in [4.69, 9.17) is 32.2 Å². The number of aromatic nitrogens is 2. The van der Waals surface area contributed by atoms with Crippen LogP contribution in [0.4, 0.5) is 10.2 Å². The Balaban J connectivity index is 1.44. The van der Waals surface area contributed by atoms with E-state index in [9.17, 15) is 19.3 Å². The molecular formula is C26H29BFN4O8P. The van der Waals surface area contributed by atoms with Crippen LogP contribution in [0.1, 0.15) is 24.9 Å². The van der Waals surface area contributed by atoms with Gasteiger partial charge in [-0.15, -0.1) is 0 Å². The second-order valence-electron chi connectivity index (χ2n) is 9.45. The Bertz CT molecular complexity index is 1440. The summed E-state index contributed by atoms with van der Waals surface area (Å²) >= 11 is 0. The molecule has 6 atom stereocenters. The van der Waals surface area contributed by atoms with E-state index in [1.165, 1.54) is 31.3 Å². The molecular weight excluding hydrogens is 557 g/mol. The number of rotatable bonds is 14. The minimum absolute atomic E-state index is 0.0158. The molecule has 15 heteroatoms. The average Bonchev–Trinajstić information content (AvgIpc) is 3.64. The van der Waals surface area contributed by atoms with E-state index in [-0.39, 0.29) is 24.6 Å². The van der Waals surface area contributed by atoms with Crippen molar-refractivity contribution in [2.75, 3.05) is 12.3 Å². The number of nitrogens with two attached hydrogens (primary N) is 1. The number of ether oxygens (including phenoxy) is 1. The van der Waals surface area contributed by atoms with Crippen LogP contribution in [0.15, 0.2) is 77.7 Å². The third-order valence-corrected chi connectivity index (χ3v) is 8.06. The number of carbonyl (C=O) groups is 1. The average molecular weight is 586 g/mol. The number of hydrogen-bond donors (Lipinski definition) is 3.